The molecule has 0 amide bonds. The van der Waals surface area contributed by atoms with Crippen LogP contribution in [0.1, 0.15) is 63.0 Å². The normalized spacial score (nSPS) is 20.7. The lowest BCUT2D eigenvalue weighted by Gasteiger charge is -2.27. The Kier molecular flexibility index (Phi) is 6.49. The number of hydrogen-bond acceptors (Lipinski definition) is 2. The van der Waals surface area contributed by atoms with Gasteiger partial charge in [-0.2, -0.15) is 0 Å². The number of fused-ring (bicyclic) bond motifs is 1. The number of rotatable bonds is 5. The summed E-state index contributed by atoms with van der Waals surface area (Å²) < 4.78 is 48.6. The molecular weight excluding hydrogens is 401 g/mol. The highest BCUT2D eigenvalue weighted by Crippen LogP contribution is 2.36. The molecule has 0 aliphatic heterocycles. The molecule has 0 N–H and O–H groups in total. The van der Waals surface area contributed by atoms with E-state index < -0.39 is 17.5 Å². The van der Waals surface area contributed by atoms with Crippen molar-refractivity contribution in [3.63, 3.8) is 0 Å². The maximum atomic E-state index is 15.1. The zero-order valence-corrected chi connectivity index (χ0v) is 17.7. The van der Waals surface area contributed by atoms with Gasteiger partial charge in [0.2, 0.25) is 0 Å². The van der Waals surface area contributed by atoms with Crippen LogP contribution < -0.4 is 0 Å². The van der Waals surface area contributed by atoms with Gasteiger partial charge in [0.15, 0.2) is 0 Å². The predicted octanol–water partition coefficient (Wildman–Crippen LogP) is 7.21. The first-order chi connectivity index (χ1) is 15.0. The van der Waals surface area contributed by atoms with Crippen molar-refractivity contribution >= 4 is 12.0 Å². The summed E-state index contributed by atoms with van der Waals surface area (Å²) in [5.41, 5.74) is 0.915. The molecule has 0 unspecified atom stereocenters. The van der Waals surface area contributed by atoms with E-state index in [0.29, 0.717) is 41.2 Å². The summed E-state index contributed by atoms with van der Waals surface area (Å²) in [6.45, 7) is 2.18. The van der Waals surface area contributed by atoms with Gasteiger partial charge in [-0.05, 0) is 79.0 Å². The van der Waals surface area contributed by atoms with Crippen LogP contribution in [0.3, 0.4) is 0 Å². The van der Waals surface area contributed by atoms with E-state index in [2.05, 4.69) is 6.92 Å². The molecule has 0 bridgehead atoms. The van der Waals surface area contributed by atoms with Gasteiger partial charge >= 0.3 is 5.97 Å². The van der Waals surface area contributed by atoms with E-state index in [1.165, 1.54) is 43.2 Å². The maximum absolute atomic E-state index is 15.1. The van der Waals surface area contributed by atoms with Crippen molar-refractivity contribution in [3.05, 3.63) is 64.7 Å². The van der Waals surface area contributed by atoms with Crippen molar-refractivity contribution < 1.29 is 22.7 Å². The van der Waals surface area contributed by atoms with E-state index in [9.17, 15) is 13.6 Å². The average molecular weight is 428 g/mol. The summed E-state index contributed by atoms with van der Waals surface area (Å²) in [5.74, 6) is -0.981. The number of carbonyl (C=O) groups is 1. The highest BCUT2D eigenvalue weighted by Gasteiger charge is 2.29. The molecule has 31 heavy (non-hydrogen) atoms. The van der Waals surface area contributed by atoms with Crippen molar-refractivity contribution in [2.24, 2.45) is 11.8 Å². The highest BCUT2D eigenvalue weighted by molar-refractivity contribution is 5.76. The van der Waals surface area contributed by atoms with Gasteiger partial charge in [0.05, 0.1) is 11.5 Å². The molecule has 0 heterocycles. The lowest BCUT2D eigenvalue weighted by Crippen LogP contribution is -2.24. The first-order valence-electron chi connectivity index (χ1n) is 11.1. The van der Waals surface area contributed by atoms with Gasteiger partial charge in [0.25, 0.3) is 0 Å². The number of hydrogen-bond donors (Lipinski definition) is 0. The molecule has 2 aliphatic carbocycles. The second-order valence-corrected chi connectivity index (χ2v) is 8.66. The maximum Gasteiger partial charge on any atom is 0.314 e. The molecule has 1 fully saturated rings. The number of allylic oxidation sites excluding steroid dienone is 1. The lowest BCUT2D eigenvalue weighted by molar-refractivity contribution is -0.145. The Hall–Kier alpha value is -2.56. The first kappa shape index (κ1) is 21.7. The Morgan fingerprint density at radius 1 is 1.03 bits per heavy atom. The van der Waals surface area contributed by atoms with Crippen LogP contribution >= 0.6 is 0 Å². The topological polar surface area (TPSA) is 26.3 Å². The Bertz CT molecular complexity index is 987. The van der Waals surface area contributed by atoms with Gasteiger partial charge < -0.3 is 4.74 Å². The van der Waals surface area contributed by atoms with Crippen LogP contribution in [-0.2, 0) is 16.0 Å². The molecule has 2 aliphatic rings. The number of halogens is 3. The summed E-state index contributed by atoms with van der Waals surface area (Å²) in [4.78, 5) is 12.6. The molecule has 1 saturated carbocycles. The van der Waals surface area contributed by atoms with Crippen LogP contribution in [-0.4, -0.2) is 5.97 Å². The van der Waals surface area contributed by atoms with Crippen molar-refractivity contribution in [1.29, 1.82) is 0 Å². The Balaban J connectivity index is 1.50. The number of ether oxygens (including phenoxy) is 1. The third kappa shape index (κ3) is 4.70. The van der Waals surface area contributed by atoms with Crippen LogP contribution in [0.15, 0.2) is 36.1 Å². The van der Waals surface area contributed by atoms with Gasteiger partial charge in [-0.1, -0.05) is 31.9 Å². The lowest BCUT2D eigenvalue weighted by atomic mass is 9.80. The van der Waals surface area contributed by atoms with Gasteiger partial charge in [-0.15, -0.1) is 0 Å². The van der Waals surface area contributed by atoms with Gasteiger partial charge in [-0.3, -0.25) is 4.79 Å². The molecule has 0 atom stereocenters. The van der Waals surface area contributed by atoms with Crippen LogP contribution in [0, 0.1) is 29.3 Å². The average Bonchev–Trinajstić information content (AvgIpc) is 2.75. The fourth-order valence-corrected chi connectivity index (χ4v) is 4.82. The van der Waals surface area contributed by atoms with Crippen molar-refractivity contribution in [2.45, 2.75) is 58.3 Å². The fraction of sp³-hybridized carbons (Fsp3) is 0.423. The largest absolute Gasteiger partial charge is 0.431 e. The molecule has 2 aromatic carbocycles. The molecule has 0 radical (unpaired) electrons. The summed E-state index contributed by atoms with van der Waals surface area (Å²) in [6, 6.07) is 6.36. The third-order valence-electron chi connectivity index (χ3n) is 6.53. The summed E-state index contributed by atoms with van der Waals surface area (Å²) in [5, 5.41) is 0. The van der Waals surface area contributed by atoms with Gasteiger partial charge in [0, 0.05) is 6.42 Å². The molecule has 4 rings (SSSR count). The monoisotopic (exact) mass is 428 g/mol. The minimum absolute atomic E-state index is 0.0928. The fourth-order valence-electron chi connectivity index (χ4n) is 4.82. The molecule has 164 valence electrons. The van der Waals surface area contributed by atoms with E-state index >= 15 is 4.39 Å². The van der Waals surface area contributed by atoms with E-state index in [0.717, 1.165) is 25.7 Å². The van der Waals surface area contributed by atoms with Crippen molar-refractivity contribution in [1.82, 2.24) is 0 Å². The molecule has 2 aromatic rings. The molecule has 0 aromatic heterocycles. The van der Waals surface area contributed by atoms with E-state index in [1.54, 1.807) is 6.08 Å². The first-order valence-corrected chi connectivity index (χ1v) is 11.1. The Labute approximate surface area is 181 Å². The molecular formula is C26H27F3O2. The zero-order chi connectivity index (χ0) is 22.0. The van der Waals surface area contributed by atoms with Crippen LogP contribution in [0.4, 0.5) is 13.2 Å². The Morgan fingerprint density at radius 2 is 1.74 bits per heavy atom. The summed E-state index contributed by atoms with van der Waals surface area (Å²) in [6.07, 6.45) is 8.45. The predicted molar refractivity (Wildman–Crippen MR) is 114 cm³/mol. The summed E-state index contributed by atoms with van der Waals surface area (Å²) >= 11 is 0. The summed E-state index contributed by atoms with van der Waals surface area (Å²) in [7, 11) is 0. The van der Waals surface area contributed by atoms with Crippen molar-refractivity contribution in [3.8, 4) is 11.1 Å². The minimum atomic E-state index is -0.721. The van der Waals surface area contributed by atoms with Crippen LogP contribution in [0.25, 0.3) is 17.2 Å². The van der Waals surface area contributed by atoms with Crippen molar-refractivity contribution in [2.75, 3.05) is 0 Å². The molecule has 0 spiro atoms. The SMILES string of the molecule is CCCC1CCC(C(=O)OC2=Cc3cc(F)c(-c4ccc(F)cc4)c(F)c3CC2)CC1. The smallest absolute Gasteiger partial charge is 0.314 e. The number of carbonyl (C=O) groups excluding carboxylic acids is 1. The van der Waals surface area contributed by atoms with E-state index in [1.807, 2.05) is 0 Å². The standard InChI is InChI=1S/C26H27F3O2/c1-2-3-16-4-6-18(7-5-16)26(30)31-21-12-13-22-19(14-21)15-23(28)24(25(22)29)17-8-10-20(27)11-9-17/h8-11,14-16,18H,2-7,12-13H2,1H3. The second-order valence-electron chi connectivity index (χ2n) is 8.66. The van der Waals surface area contributed by atoms with Gasteiger partial charge in [-0.25, -0.2) is 13.2 Å². The van der Waals surface area contributed by atoms with E-state index in [-0.39, 0.29) is 17.5 Å². The van der Waals surface area contributed by atoms with Crippen LogP contribution in [0.5, 0.6) is 0 Å². The highest BCUT2D eigenvalue weighted by atomic mass is 19.1. The minimum Gasteiger partial charge on any atom is -0.431 e. The van der Waals surface area contributed by atoms with Gasteiger partial charge in [0.1, 0.15) is 23.2 Å². The quantitative estimate of drug-likeness (QED) is 0.471. The molecule has 0 saturated heterocycles. The second kappa shape index (κ2) is 9.29. The third-order valence-corrected chi connectivity index (χ3v) is 6.53. The molecule has 2 nitrogen and oxygen atoms in total. The molecule has 5 heteroatoms. The zero-order valence-electron chi connectivity index (χ0n) is 17.7. The number of esters is 1. The van der Waals surface area contributed by atoms with E-state index in [4.69, 9.17) is 4.74 Å². The Morgan fingerprint density at radius 3 is 2.42 bits per heavy atom. The number of benzene rings is 2. The van der Waals surface area contributed by atoms with Crippen LogP contribution in [0.2, 0.25) is 0 Å².